The first kappa shape index (κ1) is 15.2. The normalized spacial score (nSPS) is 12.1. The van der Waals surface area contributed by atoms with E-state index < -0.39 is 0 Å². The highest BCUT2D eigenvalue weighted by atomic mass is 16.5. The molecule has 0 radical (unpaired) electrons. The van der Waals surface area contributed by atoms with Crippen LogP contribution in [0.1, 0.15) is 24.1 Å². The van der Waals surface area contributed by atoms with Gasteiger partial charge in [0, 0.05) is 17.7 Å². The van der Waals surface area contributed by atoms with Crippen molar-refractivity contribution in [3.8, 4) is 17.2 Å². The van der Waals surface area contributed by atoms with Crippen molar-refractivity contribution in [2.24, 2.45) is 0 Å². The lowest BCUT2D eigenvalue weighted by molar-refractivity contribution is 0.414. The van der Waals surface area contributed by atoms with Crippen molar-refractivity contribution in [1.82, 2.24) is 5.32 Å². The summed E-state index contributed by atoms with van der Waals surface area (Å²) in [6.45, 7) is 2.77. The number of benzene rings is 2. The zero-order chi connectivity index (χ0) is 15.2. The highest BCUT2D eigenvalue weighted by molar-refractivity contribution is 5.40. The Balaban J connectivity index is 1.90. The molecule has 0 bridgehead atoms. The van der Waals surface area contributed by atoms with Gasteiger partial charge in [0.25, 0.3) is 0 Å². The average molecular weight is 287 g/mol. The van der Waals surface area contributed by atoms with E-state index in [2.05, 4.69) is 11.4 Å². The van der Waals surface area contributed by atoms with Crippen molar-refractivity contribution in [3.05, 3.63) is 53.6 Å². The molecular formula is C17H21NO3. The van der Waals surface area contributed by atoms with Gasteiger partial charge in [-0.2, -0.15) is 0 Å². The Labute approximate surface area is 125 Å². The van der Waals surface area contributed by atoms with Crippen molar-refractivity contribution in [3.63, 3.8) is 0 Å². The van der Waals surface area contributed by atoms with Gasteiger partial charge in [-0.3, -0.25) is 0 Å². The first-order valence-electron chi connectivity index (χ1n) is 6.98. The minimum absolute atomic E-state index is 0.0104. The molecule has 2 aromatic rings. The largest absolute Gasteiger partial charge is 0.508 e. The van der Waals surface area contributed by atoms with Crippen LogP contribution in [0.15, 0.2) is 42.5 Å². The molecular weight excluding hydrogens is 266 g/mol. The van der Waals surface area contributed by atoms with Crippen molar-refractivity contribution in [2.45, 2.75) is 19.4 Å². The Bertz CT molecular complexity index is 598. The van der Waals surface area contributed by atoms with Crippen LogP contribution in [0.25, 0.3) is 0 Å². The van der Waals surface area contributed by atoms with Crippen LogP contribution < -0.4 is 10.1 Å². The second-order valence-electron chi connectivity index (χ2n) is 5.02. The van der Waals surface area contributed by atoms with Crippen molar-refractivity contribution < 1.29 is 14.9 Å². The van der Waals surface area contributed by atoms with Crippen LogP contribution in [0.4, 0.5) is 0 Å². The van der Waals surface area contributed by atoms with Gasteiger partial charge in [-0.15, -0.1) is 0 Å². The number of phenolic OH excluding ortho intramolecular Hbond substituents is 2. The van der Waals surface area contributed by atoms with Gasteiger partial charge < -0.3 is 20.3 Å². The first-order chi connectivity index (χ1) is 10.1. The fourth-order valence-electron chi connectivity index (χ4n) is 2.27. The van der Waals surface area contributed by atoms with Crippen LogP contribution in [0, 0.1) is 0 Å². The maximum Gasteiger partial charge on any atom is 0.124 e. The lowest BCUT2D eigenvalue weighted by Gasteiger charge is -2.16. The Kier molecular flexibility index (Phi) is 5.06. The summed E-state index contributed by atoms with van der Waals surface area (Å²) in [5, 5.41) is 22.5. The van der Waals surface area contributed by atoms with Gasteiger partial charge in [0.15, 0.2) is 0 Å². The van der Waals surface area contributed by atoms with Crippen LogP contribution >= 0.6 is 0 Å². The number of ether oxygens (including phenoxy) is 1. The molecule has 0 aliphatic heterocycles. The van der Waals surface area contributed by atoms with Crippen LogP contribution in [-0.2, 0) is 6.42 Å². The summed E-state index contributed by atoms with van der Waals surface area (Å²) >= 11 is 0. The Morgan fingerprint density at radius 1 is 1.14 bits per heavy atom. The minimum Gasteiger partial charge on any atom is -0.508 e. The molecule has 4 nitrogen and oxygen atoms in total. The second-order valence-corrected chi connectivity index (χ2v) is 5.02. The number of phenols is 2. The minimum atomic E-state index is 0.0104. The Hall–Kier alpha value is -2.20. The monoisotopic (exact) mass is 287 g/mol. The van der Waals surface area contributed by atoms with E-state index in [-0.39, 0.29) is 17.5 Å². The van der Waals surface area contributed by atoms with E-state index in [4.69, 9.17) is 4.74 Å². The van der Waals surface area contributed by atoms with Gasteiger partial charge in [0.2, 0.25) is 0 Å². The number of rotatable bonds is 6. The van der Waals surface area contributed by atoms with Gasteiger partial charge >= 0.3 is 0 Å². The van der Waals surface area contributed by atoms with E-state index in [0.717, 1.165) is 24.3 Å². The molecule has 2 rings (SSSR count). The van der Waals surface area contributed by atoms with Gasteiger partial charge in [-0.05, 0) is 43.7 Å². The average Bonchev–Trinajstić information content (AvgIpc) is 2.47. The summed E-state index contributed by atoms with van der Waals surface area (Å²) in [6.07, 6.45) is 0.875. The third kappa shape index (κ3) is 4.13. The summed E-state index contributed by atoms with van der Waals surface area (Å²) in [5.74, 6) is 1.04. The summed E-state index contributed by atoms with van der Waals surface area (Å²) in [4.78, 5) is 0. The van der Waals surface area contributed by atoms with Crippen LogP contribution in [0.5, 0.6) is 17.2 Å². The maximum absolute atomic E-state index is 9.83. The summed E-state index contributed by atoms with van der Waals surface area (Å²) in [6, 6.07) is 12.7. The fraction of sp³-hybridized carbons (Fsp3) is 0.294. The van der Waals surface area contributed by atoms with E-state index in [9.17, 15) is 10.2 Å². The molecule has 1 atom stereocenters. The third-order valence-corrected chi connectivity index (χ3v) is 3.48. The molecule has 0 heterocycles. The molecule has 0 saturated carbocycles. The van der Waals surface area contributed by atoms with Gasteiger partial charge in [0.1, 0.15) is 17.2 Å². The summed E-state index contributed by atoms with van der Waals surface area (Å²) in [5.41, 5.74) is 1.97. The van der Waals surface area contributed by atoms with Crippen molar-refractivity contribution >= 4 is 0 Å². The molecule has 0 aliphatic rings. The maximum atomic E-state index is 9.83. The van der Waals surface area contributed by atoms with Gasteiger partial charge in [0.05, 0.1) is 7.11 Å². The predicted molar refractivity (Wildman–Crippen MR) is 82.9 cm³/mol. The molecule has 0 spiro atoms. The van der Waals surface area contributed by atoms with Crippen LogP contribution in [-0.4, -0.2) is 23.9 Å². The summed E-state index contributed by atoms with van der Waals surface area (Å²) < 4.78 is 5.20. The van der Waals surface area contributed by atoms with E-state index >= 15 is 0 Å². The molecule has 112 valence electrons. The number of methoxy groups -OCH3 is 1. The van der Waals surface area contributed by atoms with E-state index in [1.54, 1.807) is 19.2 Å². The molecule has 0 saturated heterocycles. The van der Waals surface area contributed by atoms with Crippen molar-refractivity contribution in [1.29, 1.82) is 0 Å². The molecule has 4 heteroatoms. The quantitative estimate of drug-likeness (QED) is 0.764. The smallest absolute Gasteiger partial charge is 0.124 e. The second kappa shape index (κ2) is 6.99. The Morgan fingerprint density at radius 2 is 1.95 bits per heavy atom. The lowest BCUT2D eigenvalue weighted by atomic mass is 10.1. The zero-order valence-corrected chi connectivity index (χ0v) is 12.3. The number of nitrogens with one attached hydrogen (secondary N) is 1. The highest BCUT2D eigenvalue weighted by Gasteiger charge is 2.10. The predicted octanol–water partition coefficient (Wildman–Crippen LogP) is 3.00. The number of hydrogen-bond acceptors (Lipinski definition) is 4. The first-order valence-corrected chi connectivity index (χ1v) is 6.98. The zero-order valence-electron chi connectivity index (χ0n) is 12.3. The molecule has 0 aliphatic carbocycles. The van der Waals surface area contributed by atoms with Gasteiger partial charge in [-0.25, -0.2) is 0 Å². The Morgan fingerprint density at radius 3 is 2.67 bits per heavy atom. The molecule has 0 aromatic heterocycles. The number of hydrogen-bond donors (Lipinski definition) is 3. The van der Waals surface area contributed by atoms with Crippen molar-refractivity contribution in [2.75, 3.05) is 13.7 Å². The topological polar surface area (TPSA) is 61.7 Å². The van der Waals surface area contributed by atoms with E-state index in [1.807, 2.05) is 25.1 Å². The van der Waals surface area contributed by atoms with Crippen LogP contribution in [0.2, 0.25) is 0 Å². The molecule has 21 heavy (non-hydrogen) atoms. The SMILES string of the molecule is COc1cccc(CCNC(C)c2ccc(O)cc2O)c1. The molecule has 0 amide bonds. The standard InChI is InChI=1S/C17H21NO3/c1-12(16-7-6-14(19)11-17(16)20)18-9-8-13-4-3-5-15(10-13)21-2/h3-7,10-12,18-20H,8-9H2,1-2H3. The van der Waals surface area contributed by atoms with E-state index in [1.165, 1.54) is 11.6 Å². The third-order valence-electron chi connectivity index (χ3n) is 3.48. The molecule has 1 unspecified atom stereocenters. The molecule has 2 aromatic carbocycles. The molecule has 0 fully saturated rings. The number of aromatic hydroxyl groups is 2. The van der Waals surface area contributed by atoms with Crippen LogP contribution in [0.3, 0.4) is 0 Å². The molecule has 3 N–H and O–H groups in total. The van der Waals surface area contributed by atoms with Gasteiger partial charge in [-0.1, -0.05) is 18.2 Å². The summed E-state index contributed by atoms with van der Waals surface area (Å²) in [7, 11) is 1.66. The highest BCUT2D eigenvalue weighted by Crippen LogP contribution is 2.27. The van der Waals surface area contributed by atoms with E-state index in [0.29, 0.717) is 0 Å². The fourth-order valence-corrected chi connectivity index (χ4v) is 2.27. The lowest BCUT2D eigenvalue weighted by Crippen LogP contribution is -2.21.